The SMILES string of the molecule is CCc1c(F)ccc2cc(O)cc(-c3ncc4c(N5CCC[C@]6(CCO6)C5)nc(OCC5(CN6CCC6)CC5)nc4c3F)c12. The van der Waals surface area contributed by atoms with Crippen molar-refractivity contribution in [2.24, 2.45) is 5.41 Å². The van der Waals surface area contributed by atoms with Crippen molar-refractivity contribution < 1.29 is 23.4 Å². The molecule has 2 aromatic heterocycles. The lowest BCUT2D eigenvalue weighted by atomic mass is 9.86. The van der Waals surface area contributed by atoms with E-state index in [-0.39, 0.29) is 39.8 Å². The number of piperidine rings is 1. The summed E-state index contributed by atoms with van der Waals surface area (Å²) >= 11 is 0. The summed E-state index contributed by atoms with van der Waals surface area (Å²) in [6.45, 7) is 7.78. The predicted octanol–water partition coefficient (Wildman–Crippen LogP) is 6.02. The summed E-state index contributed by atoms with van der Waals surface area (Å²) in [6, 6.07) is 6.14. The van der Waals surface area contributed by atoms with Gasteiger partial charge in [-0.05, 0) is 86.1 Å². The lowest BCUT2D eigenvalue weighted by Gasteiger charge is -2.48. The summed E-state index contributed by atoms with van der Waals surface area (Å²) in [5, 5.41) is 12.2. The summed E-state index contributed by atoms with van der Waals surface area (Å²) in [5.74, 6) is -0.488. The predicted molar refractivity (Wildman–Crippen MR) is 164 cm³/mol. The third-order valence-electron chi connectivity index (χ3n) is 10.2. The van der Waals surface area contributed by atoms with Crippen LogP contribution >= 0.6 is 0 Å². The molecule has 4 aromatic rings. The van der Waals surface area contributed by atoms with E-state index in [9.17, 15) is 9.50 Å². The molecule has 44 heavy (non-hydrogen) atoms. The molecular weight excluding hydrogens is 564 g/mol. The van der Waals surface area contributed by atoms with Crippen molar-refractivity contribution in [2.75, 3.05) is 50.8 Å². The highest BCUT2D eigenvalue weighted by molar-refractivity contribution is 6.01. The molecule has 0 unspecified atom stereocenters. The quantitative estimate of drug-likeness (QED) is 0.263. The molecule has 5 heterocycles. The molecule has 8 nitrogen and oxygen atoms in total. The number of phenols is 1. The molecule has 1 atom stereocenters. The van der Waals surface area contributed by atoms with Crippen molar-refractivity contribution in [1.82, 2.24) is 19.9 Å². The Labute approximate surface area is 255 Å². The average Bonchev–Trinajstić information content (AvgIpc) is 3.77. The minimum Gasteiger partial charge on any atom is -0.508 e. The van der Waals surface area contributed by atoms with Crippen LogP contribution in [0.4, 0.5) is 14.6 Å². The molecule has 3 aliphatic heterocycles. The van der Waals surface area contributed by atoms with Crippen molar-refractivity contribution in [3.8, 4) is 23.0 Å². The minimum absolute atomic E-state index is 0.00295. The highest BCUT2D eigenvalue weighted by atomic mass is 19.1. The largest absolute Gasteiger partial charge is 0.508 e. The van der Waals surface area contributed by atoms with Crippen molar-refractivity contribution in [1.29, 1.82) is 0 Å². The van der Waals surface area contributed by atoms with E-state index in [1.807, 2.05) is 6.92 Å². The molecule has 1 saturated carbocycles. The first-order valence-electron chi connectivity index (χ1n) is 15.9. The highest BCUT2D eigenvalue weighted by Crippen LogP contribution is 2.47. The van der Waals surface area contributed by atoms with Crippen LogP contribution in [0.2, 0.25) is 0 Å². The van der Waals surface area contributed by atoms with E-state index in [0.29, 0.717) is 52.7 Å². The van der Waals surface area contributed by atoms with Crippen molar-refractivity contribution in [2.45, 2.75) is 57.5 Å². The fraction of sp³-hybridized carbons (Fsp3) is 0.500. The van der Waals surface area contributed by atoms with Gasteiger partial charge in [0.1, 0.15) is 28.6 Å². The number of aryl methyl sites for hydroxylation is 1. The minimum atomic E-state index is -0.650. The highest BCUT2D eigenvalue weighted by Gasteiger charge is 2.46. The molecule has 230 valence electrons. The Morgan fingerprint density at radius 1 is 1.05 bits per heavy atom. The lowest BCUT2D eigenvalue weighted by Crippen LogP contribution is -2.56. The lowest BCUT2D eigenvalue weighted by molar-refractivity contribution is -0.151. The molecule has 2 aromatic carbocycles. The zero-order chi connectivity index (χ0) is 30.1. The van der Waals surface area contributed by atoms with Crippen LogP contribution in [0, 0.1) is 17.0 Å². The van der Waals surface area contributed by atoms with Gasteiger partial charge in [-0.3, -0.25) is 4.98 Å². The Balaban J connectivity index is 1.24. The Bertz CT molecular complexity index is 1770. The van der Waals surface area contributed by atoms with Crippen molar-refractivity contribution in [3.05, 3.63) is 47.7 Å². The van der Waals surface area contributed by atoms with E-state index >= 15 is 4.39 Å². The molecule has 1 spiro atoms. The van der Waals surface area contributed by atoms with Gasteiger partial charge in [-0.25, -0.2) is 8.78 Å². The molecule has 4 aliphatic rings. The fourth-order valence-corrected chi connectivity index (χ4v) is 7.30. The number of benzene rings is 2. The first-order valence-corrected chi connectivity index (χ1v) is 15.9. The summed E-state index contributed by atoms with van der Waals surface area (Å²) in [4.78, 5) is 18.7. The second-order valence-electron chi connectivity index (χ2n) is 13.2. The molecule has 3 saturated heterocycles. The summed E-state index contributed by atoms with van der Waals surface area (Å²) < 4.78 is 44.0. The number of halogens is 2. The Morgan fingerprint density at radius 2 is 1.89 bits per heavy atom. The molecule has 4 fully saturated rings. The molecule has 1 N–H and O–H groups in total. The van der Waals surface area contributed by atoms with Crippen molar-refractivity contribution in [3.63, 3.8) is 0 Å². The number of rotatable bonds is 8. The Kier molecular flexibility index (Phi) is 6.64. The number of hydrogen-bond donors (Lipinski definition) is 1. The molecule has 0 amide bonds. The number of anilines is 1. The number of phenolic OH excluding ortho intramolecular Hbond substituents is 1. The fourth-order valence-electron chi connectivity index (χ4n) is 7.30. The number of aromatic hydroxyl groups is 1. The monoisotopic (exact) mass is 601 g/mol. The number of ether oxygens (including phenoxy) is 2. The molecule has 0 radical (unpaired) electrons. The van der Waals surface area contributed by atoms with Crippen LogP contribution in [0.25, 0.3) is 32.9 Å². The van der Waals surface area contributed by atoms with Gasteiger partial charge in [0.15, 0.2) is 5.82 Å². The third-order valence-corrected chi connectivity index (χ3v) is 10.2. The van der Waals surface area contributed by atoms with Gasteiger partial charge >= 0.3 is 6.01 Å². The zero-order valence-corrected chi connectivity index (χ0v) is 25.0. The number of pyridine rings is 1. The molecule has 8 rings (SSSR count). The Hall–Kier alpha value is -3.63. The summed E-state index contributed by atoms with van der Waals surface area (Å²) in [7, 11) is 0. The number of aromatic nitrogens is 3. The number of fused-ring (bicyclic) bond motifs is 2. The van der Waals surface area contributed by atoms with E-state index < -0.39 is 5.82 Å². The second kappa shape index (κ2) is 10.5. The van der Waals surface area contributed by atoms with Crippen LogP contribution in [0.3, 0.4) is 0 Å². The van der Waals surface area contributed by atoms with E-state index in [1.165, 1.54) is 18.6 Å². The van der Waals surface area contributed by atoms with Crippen LogP contribution in [0.5, 0.6) is 11.8 Å². The van der Waals surface area contributed by atoms with Gasteiger partial charge in [-0.15, -0.1) is 0 Å². The van der Waals surface area contributed by atoms with E-state index in [0.717, 1.165) is 64.9 Å². The van der Waals surface area contributed by atoms with E-state index in [2.05, 4.69) is 19.8 Å². The zero-order valence-electron chi connectivity index (χ0n) is 25.0. The number of likely N-dealkylation sites (tertiary alicyclic amines) is 1. The second-order valence-corrected chi connectivity index (χ2v) is 13.2. The van der Waals surface area contributed by atoms with Crippen molar-refractivity contribution >= 4 is 27.5 Å². The normalized spacial score (nSPS) is 22.8. The van der Waals surface area contributed by atoms with Gasteiger partial charge in [0.2, 0.25) is 0 Å². The third kappa shape index (κ3) is 4.74. The number of hydrogen-bond acceptors (Lipinski definition) is 8. The average molecular weight is 602 g/mol. The van der Waals surface area contributed by atoms with Crippen LogP contribution < -0.4 is 9.64 Å². The first-order chi connectivity index (χ1) is 21.4. The maximum Gasteiger partial charge on any atom is 0.319 e. The van der Waals surface area contributed by atoms with Crippen LogP contribution in [0.15, 0.2) is 30.5 Å². The maximum atomic E-state index is 16.8. The first kappa shape index (κ1) is 27.9. The van der Waals surface area contributed by atoms with Gasteiger partial charge in [-0.2, -0.15) is 9.97 Å². The van der Waals surface area contributed by atoms with E-state index in [1.54, 1.807) is 18.3 Å². The molecule has 0 bridgehead atoms. The van der Waals surface area contributed by atoms with Crippen LogP contribution in [0.1, 0.15) is 51.0 Å². The molecular formula is C34H37F2N5O3. The van der Waals surface area contributed by atoms with Gasteiger partial charge in [0.25, 0.3) is 0 Å². The van der Waals surface area contributed by atoms with E-state index in [4.69, 9.17) is 14.5 Å². The van der Waals surface area contributed by atoms with Gasteiger partial charge in [0, 0.05) is 43.2 Å². The molecule has 10 heteroatoms. The number of nitrogens with zero attached hydrogens (tertiary/aromatic N) is 5. The standard InChI is InChI=1S/C34H37F2N5O3/c1-2-23-26(35)6-5-21-15-22(42)16-24(27(21)23)29-28(36)30-25(17-37-29)31(41-13-3-7-34(19-41)10-14-44-34)39-32(38-30)43-20-33(8-9-33)18-40-11-4-12-40/h5-6,15-17,42H,2-4,7-14,18-20H2,1H3/t34-/m0/s1. The van der Waals surface area contributed by atoms with Crippen LogP contribution in [-0.4, -0.2) is 76.5 Å². The topological polar surface area (TPSA) is 83.8 Å². The summed E-state index contributed by atoms with van der Waals surface area (Å²) in [6.07, 6.45) is 8.36. The molecule has 1 aliphatic carbocycles. The van der Waals surface area contributed by atoms with Gasteiger partial charge in [-0.1, -0.05) is 13.0 Å². The smallest absolute Gasteiger partial charge is 0.319 e. The summed E-state index contributed by atoms with van der Waals surface area (Å²) in [5.41, 5.74) is 0.772. The van der Waals surface area contributed by atoms with Gasteiger partial charge < -0.3 is 24.4 Å². The van der Waals surface area contributed by atoms with Gasteiger partial charge in [0.05, 0.1) is 24.2 Å². The Morgan fingerprint density at radius 3 is 2.59 bits per heavy atom. The van der Waals surface area contributed by atoms with Crippen LogP contribution in [-0.2, 0) is 11.2 Å². The maximum absolute atomic E-state index is 16.8.